The highest BCUT2D eigenvalue weighted by Crippen LogP contribution is 2.33. The second kappa shape index (κ2) is 11.3. The Morgan fingerprint density at radius 3 is 2.59 bits per heavy atom. The number of carboxylic acid groups (broad SMARTS) is 1. The number of carbonyl (C=O) groups excluding carboxylic acids is 2. The predicted octanol–water partition coefficient (Wildman–Crippen LogP) is 3.71. The fourth-order valence-electron chi connectivity index (χ4n) is 3.04. The lowest BCUT2D eigenvalue weighted by atomic mass is 10.1. The number of benzene rings is 2. The maximum absolute atomic E-state index is 12.8. The Morgan fingerprint density at radius 2 is 1.81 bits per heavy atom. The molecule has 0 saturated carbocycles. The zero-order chi connectivity index (χ0) is 22.9. The van der Waals surface area contributed by atoms with Gasteiger partial charge in [0.1, 0.15) is 5.70 Å². The number of nitrogens with one attached hydrogen (secondary N) is 2. The van der Waals surface area contributed by atoms with Crippen molar-refractivity contribution < 1.29 is 29.0 Å². The van der Waals surface area contributed by atoms with E-state index in [-0.39, 0.29) is 18.9 Å². The topological polar surface area (TPSA) is 114 Å². The third-order valence-electron chi connectivity index (χ3n) is 4.67. The molecule has 1 aliphatic heterocycles. The van der Waals surface area contributed by atoms with Gasteiger partial charge < -0.3 is 25.2 Å². The SMILES string of the molecule is O=C(O)CCCCCNC(=O)C(=Cc1ccc2c(c1)OCO2)NC(=O)c1ccccc1Br. The molecule has 0 aromatic heterocycles. The van der Waals surface area contributed by atoms with E-state index in [0.29, 0.717) is 52.9 Å². The van der Waals surface area contributed by atoms with Gasteiger partial charge in [-0.15, -0.1) is 0 Å². The average molecular weight is 503 g/mol. The van der Waals surface area contributed by atoms with Gasteiger partial charge in [-0.1, -0.05) is 24.6 Å². The van der Waals surface area contributed by atoms with Crippen LogP contribution >= 0.6 is 15.9 Å². The van der Waals surface area contributed by atoms with Crippen LogP contribution in [0.1, 0.15) is 41.6 Å². The van der Waals surface area contributed by atoms with Gasteiger partial charge >= 0.3 is 5.97 Å². The maximum Gasteiger partial charge on any atom is 0.303 e. The Balaban J connectivity index is 1.71. The molecule has 1 heterocycles. The van der Waals surface area contributed by atoms with Crippen molar-refractivity contribution in [3.8, 4) is 11.5 Å². The van der Waals surface area contributed by atoms with Crippen molar-refractivity contribution in [3.63, 3.8) is 0 Å². The largest absolute Gasteiger partial charge is 0.481 e. The number of carboxylic acids is 1. The quantitative estimate of drug-likeness (QED) is 0.337. The van der Waals surface area contributed by atoms with Crippen molar-refractivity contribution in [1.29, 1.82) is 0 Å². The molecule has 168 valence electrons. The molecule has 32 heavy (non-hydrogen) atoms. The van der Waals surface area contributed by atoms with E-state index in [1.807, 2.05) is 0 Å². The minimum atomic E-state index is -0.835. The summed E-state index contributed by atoms with van der Waals surface area (Å²) in [5, 5.41) is 14.2. The van der Waals surface area contributed by atoms with E-state index in [1.165, 1.54) is 0 Å². The molecule has 9 heteroatoms. The number of amides is 2. The van der Waals surface area contributed by atoms with E-state index in [1.54, 1.807) is 48.5 Å². The summed E-state index contributed by atoms with van der Waals surface area (Å²) in [5.41, 5.74) is 1.13. The molecule has 0 radical (unpaired) electrons. The zero-order valence-corrected chi connectivity index (χ0v) is 18.8. The number of halogens is 1. The van der Waals surface area contributed by atoms with E-state index in [0.717, 1.165) is 0 Å². The Bertz CT molecular complexity index is 1040. The number of ether oxygens (including phenoxy) is 2. The second-order valence-electron chi connectivity index (χ2n) is 7.06. The lowest BCUT2D eigenvalue weighted by Crippen LogP contribution is -2.35. The second-order valence-corrected chi connectivity index (χ2v) is 7.92. The summed E-state index contributed by atoms with van der Waals surface area (Å²) in [7, 11) is 0. The molecular formula is C23H23BrN2O6. The fourth-order valence-corrected chi connectivity index (χ4v) is 3.50. The van der Waals surface area contributed by atoms with Crippen LogP contribution in [-0.2, 0) is 9.59 Å². The van der Waals surface area contributed by atoms with Crippen molar-refractivity contribution in [1.82, 2.24) is 10.6 Å². The van der Waals surface area contributed by atoms with Gasteiger partial charge in [-0.3, -0.25) is 14.4 Å². The van der Waals surface area contributed by atoms with Crippen LogP contribution < -0.4 is 20.1 Å². The molecule has 0 spiro atoms. The van der Waals surface area contributed by atoms with Crippen molar-refractivity contribution in [2.75, 3.05) is 13.3 Å². The Morgan fingerprint density at radius 1 is 1.03 bits per heavy atom. The number of aliphatic carboxylic acids is 1. The number of hydrogen-bond donors (Lipinski definition) is 3. The van der Waals surface area contributed by atoms with Gasteiger partial charge in [0.05, 0.1) is 5.56 Å². The standard InChI is InChI=1S/C23H23BrN2O6/c24-17-7-4-3-6-16(17)22(29)26-18(23(30)25-11-5-1-2-8-21(27)28)12-15-9-10-19-20(13-15)32-14-31-19/h3-4,6-7,9-10,12-13H,1-2,5,8,11,14H2,(H,25,30)(H,26,29)(H,27,28). The number of hydrogen-bond acceptors (Lipinski definition) is 5. The smallest absolute Gasteiger partial charge is 0.303 e. The number of rotatable bonds is 10. The first-order valence-electron chi connectivity index (χ1n) is 10.1. The molecule has 2 aromatic carbocycles. The van der Waals surface area contributed by atoms with Gasteiger partial charge in [0.2, 0.25) is 6.79 Å². The Labute approximate surface area is 193 Å². The highest BCUT2D eigenvalue weighted by Gasteiger charge is 2.18. The van der Waals surface area contributed by atoms with Gasteiger partial charge in [-0.05, 0) is 64.7 Å². The zero-order valence-electron chi connectivity index (χ0n) is 17.2. The van der Waals surface area contributed by atoms with Crippen molar-refractivity contribution in [2.45, 2.75) is 25.7 Å². The van der Waals surface area contributed by atoms with E-state index in [2.05, 4.69) is 26.6 Å². The first kappa shape index (κ1) is 23.3. The minimum Gasteiger partial charge on any atom is -0.481 e. The summed E-state index contributed by atoms with van der Waals surface area (Å²) in [5.74, 6) is -0.527. The highest BCUT2D eigenvalue weighted by atomic mass is 79.9. The molecule has 0 saturated heterocycles. The number of carbonyl (C=O) groups is 3. The number of unbranched alkanes of at least 4 members (excludes halogenated alkanes) is 2. The Kier molecular flexibility index (Phi) is 8.27. The van der Waals surface area contributed by atoms with Crippen molar-refractivity contribution in [2.24, 2.45) is 0 Å². The maximum atomic E-state index is 12.8. The first-order chi connectivity index (χ1) is 15.4. The van der Waals surface area contributed by atoms with Crippen LogP contribution in [0.15, 0.2) is 52.6 Å². The van der Waals surface area contributed by atoms with Crippen molar-refractivity contribution in [3.05, 3.63) is 63.8 Å². The van der Waals surface area contributed by atoms with E-state index >= 15 is 0 Å². The monoisotopic (exact) mass is 502 g/mol. The van der Waals surface area contributed by atoms with Gasteiger partial charge in [0.25, 0.3) is 11.8 Å². The minimum absolute atomic E-state index is 0.0788. The molecular weight excluding hydrogens is 480 g/mol. The van der Waals surface area contributed by atoms with Gasteiger partial charge in [-0.2, -0.15) is 0 Å². The molecule has 0 atom stereocenters. The average Bonchev–Trinajstić information content (AvgIpc) is 3.23. The van der Waals surface area contributed by atoms with Crippen LogP contribution in [0, 0.1) is 0 Å². The highest BCUT2D eigenvalue weighted by molar-refractivity contribution is 9.10. The summed E-state index contributed by atoms with van der Waals surface area (Å²) in [6.45, 7) is 0.498. The van der Waals surface area contributed by atoms with Crippen molar-refractivity contribution >= 4 is 39.8 Å². The molecule has 0 unspecified atom stereocenters. The molecule has 0 fully saturated rings. The summed E-state index contributed by atoms with van der Waals surface area (Å²) in [4.78, 5) is 36.2. The molecule has 0 aliphatic carbocycles. The summed E-state index contributed by atoms with van der Waals surface area (Å²) in [6, 6.07) is 12.1. The first-order valence-corrected chi connectivity index (χ1v) is 10.9. The lowest BCUT2D eigenvalue weighted by molar-refractivity contribution is -0.137. The van der Waals surface area contributed by atoms with Gasteiger partial charge in [0, 0.05) is 17.4 Å². The molecule has 3 rings (SSSR count). The van der Waals surface area contributed by atoms with Crippen LogP contribution in [-0.4, -0.2) is 36.2 Å². The van der Waals surface area contributed by atoms with Crippen LogP contribution in [0.4, 0.5) is 0 Å². The molecule has 8 nitrogen and oxygen atoms in total. The lowest BCUT2D eigenvalue weighted by Gasteiger charge is -2.12. The van der Waals surface area contributed by atoms with E-state index in [9.17, 15) is 14.4 Å². The summed E-state index contributed by atoms with van der Waals surface area (Å²) in [6.07, 6.45) is 3.52. The van der Waals surface area contributed by atoms with Gasteiger partial charge in [-0.25, -0.2) is 0 Å². The molecule has 2 aromatic rings. The van der Waals surface area contributed by atoms with E-state index < -0.39 is 17.8 Å². The third-order valence-corrected chi connectivity index (χ3v) is 5.36. The summed E-state index contributed by atoms with van der Waals surface area (Å²) >= 11 is 3.35. The molecule has 2 amide bonds. The Hall–Kier alpha value is -3.33. The van der Waals surface area contributed by atoms with Crippen LogP contribution in [0.2, 0.25) is 0 Å². The normalized spacial score (nSPS) is 12.3. The molecule has 1 aliphatic rings. The fraction of sp³-hybridized carbons (Fsp3) is 0.261. The molecule has 0 bridgehead atoms. The third kappa shape index (κ3) is 6.58. The van der Waals surface area contributed by atoms with Crippen LogP contribution in [0.3, 0.4) is 0 Å². The van der Waals surface area contributed by atoms with Crippen LogP contribution in [0.25, 0.3) is 6.08 Å². The molecule has 3 N–H and O–H groups in total. The number of fused-ring (bicyclic) bond motifs is 1. The van der Waals surface area contributed by atoms with E-state index in [4.69, 9.17) is 14.6 Å². The van der Waals surface area contributed by atoms with Crippen LogP contribution in [0.5, 0.6) is 11.5 Å². The summed E-state index contributed by atoms with van der Waals surface area (Å²) < 4.78 is 11.3. The van der Waals surface area contributed by atoms with Gasteiger partial charge in [0.15, 0.2) is 11.5 Å². The predicted molar refractivity (Wildman–Crippen MR) is 121 cm³/mol.